The van der Waals surface area contributed by atoms with Gasteiger partial charge >= 0.3 is 5.97 Å². The van der Waals surface area contributed by atoms with Crippen LogP contribution in [-0.2, 0) is 23.9 Å². The number of allylic oxidation sites excluding steroid dienone is 1. The number of amides is 2. The van der Waals surface area contributed by atoms with Crippen LogP contribution >= 0.6 is 39.3 Å². The maximum atomic E-state index is 13.6. The van der Waals surface area contributed by atoms with Crippen LogP contribution in [0.1, 0.15) is 23.7 Å². The highest BCUT2D eigenvalue weighted by Crippen LogP contribution is 2.42. The second-order valence-electron chi connectivity index (χ2n) is 8.08. The highest BCUT2D eigenvalue weighted by molar-refractivity contribution is 9.09. The lowest BCUT2D eigenvalue weighted by atomic mass is 10.0. The summed E-state index contributed by atoms with van der Waals surface area (Å²) in [7, 11) is 0. The number of nitrogens with zero attached hydrogens (tertiary/aromatic N) is 1. The number of rotatable bonds is 9. The van der Waals surface area contributed by atoms with E-state index in [2.05, 4.69) is 21.2 Å². The van der Waals surface area contributed by atoms with Gasteiger partial charge in [0.05, 0.1) is 11.8 Å². The molecule has 1 saturated heterocycles. The van der Waals surface area contributed by atoms with Gasteiger partial charge in [0.2, 0.25) is 5.91 Å². The van der Waals surface area contributed by atoms with E-state index >= 15 is 0 Å². The predicted octanol–water partition coefficient (Wildman–Crippen LogP) is 4.08. The smallest absolute Gasteiger partial charge is 0.356 e. The van der Waals surface area contributed by atoms with Crippen LogP contribution < -0.4 is 5.32 Å². The first-order valence-electron chi connectivity index (χ1n) is 11.1. The number of carbonyl (C=O) groups excluding carboxylic acids is 4. The number of hydrogen-bond acceptors (Lipinski definition) is 6. The Balaban J connectivity index is 1.60. The molecule has 2 aliphatic rings. The maximum absolute atomic E-state index is 13.6. The Kier molecular flexibility index (Phi) is 8.66. The monoisotopic (exact) mass is 588 g/mol. The van der Waals surface area contributed by atoms with Crippen molar-refractivity contribution in [1.29, 1.82) is 0 Å². The van der Waals surface area contributed by atoms with E-state index in [1.807, 2.05) is 60.7 Å². The molecule has 0 aromatic heterocycles. The van der Waals surface area contributed by atoms with E-state index < -0.39 is 35.3 Å². The van der Waals surface area contributed by atoms with Crippen LogP contribution in [0.3, 0.4) is 0 Å². The van der Waals surface area contributed by atoms with Gasteiger partial charge in [0.25, 0.3) is 5.91 Å². The third kappa shape index (κ3) is 5.58. The molecule has 2 aromatic rings. The zero-order chi connectivity index (χ0) is 25.7. The summed E-state index contributed by atoms with van der Waals surface area (Å²) >= 11 is 10.2. The standard InChI is InChI=1S/C26H22BrClN2O5S/c27-14-19(31)13-20(32)29-21-24(33)30-22(18(11-12-28)15-36-25(21)30)26(34)35-23(16-7-3-1-4-8-16)17-9-5-2-6-10-17/h1-12,21,23,25H,13-15H2,(H,29,32)/b12-11+/t21?,25-/m1/s1. The van der Waals surface area contributed by atoms with Crippen molar-refractivity contribution in [3.05, 3.63) is 94.7 Å². The zero-order valence-electron chi connectivity index (χ0n) is 18.9. The molecule has 1 unspecified atom stereocenters. The zero-order valence-corrected chi connectivity index (χ0v) is 22.1. The van der Waals surface area contributed by atoms with Crippen LogP contribution in [0.4, 0.5) is 0 Å². The molecule has 2 aliphatic heterocycles. The van der Waals surface area contributed by atoms with Gasteiger partial charge in [-0.2, -0.15) is 0 Å². The SMILES string of the molecule is O=C(CBr)CC(=O)NC1C(=O)N2C(C(=O)OC(c3ccccc3)c3ccccc3)=C(/C=C/Cl)CS[C@H]12. The summed E-state index contributed by atoms with van der Waals surface area (Å²) in [6.07, 6.45) is 0.548. The summed E-state index contributed by atoms with van der Waals surface area (Å²) in [5.74, 6) is -1.56. The second kappa shape index (κ2) is 11.9. The van der Waals surface area contributed by atoms with Crippen molar-refractivity contribution in [2.24, 2.45) is 0 Å². The van der Waals surface area contributed by atoms with Crippen molar-refractivity contribution in [3.8, 4) is 0 Å². The topological polar surface area (TPSA) is 92.8 Å². The largest absolute Gasteiger partial charge is 0.448 e. The molecule has 0 spiro atoms. The highest BCUT2D eigenvalue weighted by Gasteiger charge is 2.54. The Morgan fingerprint density at radius 2 is 1.72 bits per heavy atom. The molecule has 0 radical (unpaired) electrons. The van der Waals surface area contributed by atoms with Crippen LogP contribution in [0.25, 0.3) is 0 Å². The average molecular weight is 590 g/mol. The number of nitrogens with one attached hydrogen (secondary N) is 1. The lowest BCUT2D eigenvalue weighted by molar-refractivity contribution is -0.154. The first-order chi connectivity index (χ1) is 17.4. The van der Waals surface area contributed by atoms with Gasteiger partial charge in [-0.05, 0) is 22.8 Å². The normalized spacial score (nSPS) is 19.2. The summed E-state index contributed by atoms with van der Waals surface area (Å²) in [5.41, 5.74) is 3.49. The number of halogens is 2. The summed E-state index contributed by atoms with van der Waals surface area (Å²) in [6, 6.07) is 17.8. The Hall–Kier alpha value is -2.88. The number of carbonyl (C=O) groups is 4. The molecule has 2 aromatic carbocycles. The van der Waals surface area contributed by atoms with E-state index in [9.17, 15) is 19.2 Å². The van der Waals surface area contributed by atoms with Gasteiger partial charge in [-0.1, -0.05) is 88.2 Å². The van der Waals surface area contributed by atoms with Crippen molar-refractivity contribution in [2.75, 3.05) is 11.1 Å². The lowest BCUT2D eigenvalue weighted by Gasteiger charge is -2.49. The molecule has 186 valence electrons. The molecule has 2 atom stereocenters. The Morgan fingerprint density at radius 1 is 1.11 bits per heavy atom. The Labute approximate surface area is 226 Å². The molecule has 0 bridgehead atoms. The van der Waals surface area contributed by atoms with E-state index in [0.717, 1.165) is 11.1 Å². The third-order valence-corrected chi connectivity index (χ3v) is 7.76. The van der Waals surface area contributed by atoms with Gasteiger partial charge in [0.1, 0.15) is 17.1 Å². The minimum atomic E-state index is -0.839. The van der Waals surface area contributed by atoms with Crippen molar-refractivity contribution in [1.82, 2.24) is 10.2 Å². The fraction of sp³-hybridized carbons (Fsp3) is 0.231. The minimum absolute atomic E-state index is 0.0557. The summed E-state index contributed by atoms with van der Waals surface area (Å²) in [5, 5.41) is 2.18. The quantitative estimate of drug-likeness (QED) is 0.205. The van der Waals surface area contributed by atoms with Gasteiger partial charge in [-0.25, -0.2) is 4.79 Å². The van der Waals surface area contributed by atoms with Gasteiger partial charge in [0.15, 0.2) is 11.9 Å². The molecule has 0 saturated carbocycles. The van der Waals surface area contributed by atoms with Crippen LogP contribution in [0.5, 0.6) is 0 Å². The number of ether oxygens (including phenoxy) is 1. The molecule has 7 nitrogen and oxygen atoms in total. The van der Waals surface area contributed by atoms with Crippen LogP contribution in [-0.4, -0.2) is 51.0 Å². The number of benzene rings is 2. The van der Waals surface area contributed by atoms with E-state index in [0.29, 0.717) is 11.3 Å². The number of Topliss-reactive ketones (excluding diaryl/α,β-unsaturated/α-hetero) is 1. The molecule has 0 aliphatic carbocycles. The molecule has 2 heterocycles. The van der Waals surface area contributed by atoms with E-state index in [1.165, 1.54) is 22.2 Å². The molecular weight excluding hydrogens is 568 g/mol. The maximum Gasteiger partial charge on any atom is 0.356 e. The third-order valence-electron chi connectivity index (χ3n) is 5.71. The van der Waals surface area contributed by atoms with Crippen molar-refractivity contribution < 1.29 is 23.9 Å². The van der Waals surface area contributed by atoms with Gasteiger partial charge in [-0.3, -0.25) is 19.3 Å². The van der Waals surface area contributed by atoms with Gasteiger partial charge in [-0.15, -0.1) is 11.8 Å². The number of fused-ring (bicyclic) bond motifs is 1. The van der Waals surface area contributed by atoms with Gasteiger partial charge < -0.3 is 10.1 Å². The first-order valence-corrected chi connectivity index (χ1v) is 13.7. The lowest BCUT2D eigenvalue weighted by Crippen LogP contribution is -2.70. The molecule has 2 amide bonds. The van der Waals surface area contributed by atoms with Gasteiger partial charge in [0, 0.05) is 11.3 Å². The molecule has 36 heavy (non-hydrogen) atoms. The summed E-state index contributed by atoms with van der Waals surface area (Å²) in [6.45, 7) is 0. The molecule has 1 N–H and O–H groups in total. The second-order valence-corrected chi connectivity index (χ2v) is 9.99. The highest BCUT2D eigenvalue weighted by atomic mass is 79.9. The summed E-state index contributed by atoms with van der Waals surface area (Å²) < 4.78 is 6.01. The predicted molar refractivity (Wildman–Crippen MR) is 141 cm³/mol. The molecular formula is C26H22BrClN2O5S. The van der Waals surface area contributed by atoms with Crippen LogP contribution in [0.15, 0.2) is 83.5 Å². The van der Waals surface area contributed by atoms with Crippen molar-refractivity contribution in [2.45, 2.75) is 23.9 Å². The van der Waals surface area contributed by atoms with E-state index in [-0.39, 0.29) is 23.2 Å². The van der Waals surface area contributed by atoms with Crippen LogP contribution in [0.2, 0.25) is 0 Å². The van der Waals surface area contributed by atoms with E-state index in [4.69, 9.17) is 16.3 Å². The minimum Gasteiger partial charge on any atom is -0.448 e. The number of esters is 1. The van der Waals surface area contributed by atoms with E-state index in [1.54, 1.807) is 6.08 Å². The van der Waals surface area contributed by atoms with Crippen LogP contribution in [0, 0.1) is 0 Å². The number of ketones is 1. The van der Waals surface area contributed by atoms with Crippen molar-refractivity contribution in [3.63, 3.8) is 0 Å². The fourth-order valence-electron chi connectivity index (χ4n) is 4.03. The molecule has 4 rings (SSSR count). The molecule has 1 fully saturated rings. The number of hydrogen-bond donors (Lipinski definition) is 1. The molecule has 10 heteroatoms. The number of β-lactam (4-membered cyclic amide) rings is 1. The fourth-order valence-corrected chi connectivity index (χ4v) is 5.70. The first kappa shape index (κ1) is 26.2. The summed E-state index contributed by atoms with van der Waals surface area (Å²) in [4.78, 5) is 51.8. The Bertz CT molecular complexity index is 1180. The number of thioether (sulfide) groups is 1. The Morgan fingerprint density at radius 3 is 2.28 bits per heavy atom. The van der Waals surface area contributed by atoms with Crippen molar-refractivity contribution >= 4 is 62.9 Å². The number of alkyl halides is 1. The average Bonchev–Trinajstić information content (AvgIpc) is 2.91.